The fourth-order valence-electron chi connectivity index (χ4n) is 1.69. The van der Waals surface area contributed by atoms with Crippen molar-refractivity contribution in [1.29, 1.82) is 0 Å². The monoisotopic (exact) mass is 264 g/mol. The third-order valence-electron chi connectivity index (χ3n) is 2.53. The second-order valence-corrected chi connectivity index (χ2v) is 5.55. The summed E-state index contributed by atoms with van der Waals surface area (Å²) in [5.74, 6) is -0.206. The Hall–Kier alpha value is -1.26. The topological polar surface area (TPSA) is 24.9 Å². The first-order chi connectivity index (χ1) is 8.54. The summed E-state index contributed by atoms with van der Waals surface area (Å²) in [4.78, 5) is 4.52. The molecule has 0 saturated carbocycles. The van der Waals surface area contributed by atoms with Gasteiger partial charge in [-0.25, -0.2) is 9.37 Å². The first kappa shape index (κ1) is 13.2. The Morgan fingerprint density at radius 1 is 1.33 bits per heavy atom. The minimum absolute atomic E-state index is 0.206. The van der Waals surface area contributed by atoms with E-state index >= 15 is 0 Å². The van der Waals surface area contributed by atoms with E-state index in [0.29, 0.717) is 6.04 Å². The van der Waals surface area contributed by atoms with Crippen LogP contribution < -0.4 is 5.32 Å². The Bertz CT molecular complexity index is 514. The molecule has 1 heterocycles. The molecule has 0 spiro atoms. The minimum atomic E-state index is -0.206. The van der Waals surface area contributed by atoms with Crippen molar-refractivity contribution >= 4 is 11.3 Å². The van der Waals surface area contributed by atoms with Crippen LogP contribution in [-0.4, -0.2) is 11.0 Å². The van der Waals surface area contributed by atoms with E-state index in [1.54, 1.807) is 11.3 Å². The summed E-state index contributed by atoms with van der Waals surface area (Å²) in [6, 6.07) is 5.46. The number of hydrogen-bond acceptors (Lipinski definition) is 3. The third kappa shape index (κ3) is 3.37. The van der Waals surface area contributed by atoms with Gasteiger partial charge in [-0.3, -0.25) is 0 Å². The number of rotatable bonds is 4. The van der Waals surface area contributed by atoms with E-state index in [4.69, 9.17) is 0 Å². The Morgan fingerprint density at radius 3 is 2.78 bits per heavy atom. The summed E-state index contributed by atoms with van der Waals surface area (Å²) in [5, 5.41) is 6.21. The van der Waals surface area contributed by atoms with Gasteiger partial charge in [0.25, 0.3) is 0 Å². The Labute approximate surface area is 111 Å². The summed E-state index contributed by atoms with van der Waals surface area (Å²) in [5.41, 5.74) is 2.78. The van der Waals surface area contributed by atoms with Crippen LogP contribution in [0, 0.1) is 12.7 Å². The van der Waals surface area contributed by atoms with Crippen LogP contribution >= 0.6 is 11.3 Å². The Morgan fingerprint density at radius 2 is 2.11 bits per heavy atom. The van der Waals surface area contributed by atoms with Gasteiger partial charge in [0, 0.05) is 23.5 Å². The standard InChI is InChI=1S/C14H17FN2S/c1-9(2)16-7-13-8-18-14(17-13)11-4-10(3)5-12(15)6-11/h4-6,8-9,16H,7H2,1-3H3. The molecule has 0 unspecified atom stereocenters. The zero-order chi connectivity index (χ0) is 13.1. The van der Waals surface area contributed by atoms with Gasteiger partial charge in [-0.1, -0.05) is 13.8 Å². The molecule has 2 nitrogen and oxygen atoms in total. The van der Waals surface area contributed by atoms with Crippen molar-refractivity contribution in [2.75, 3.05) is 0 Å². The van der Waals surface area contributed by atoms with Crippen LogP contribution in [0.2, 0.25) is 0 Å². The molecular weight excluding hydrogens is 247 g/mol. The van der Waals surface area contributed by atoms with Gasteiger partial charge in [0.15, 0.2) is 0 Å². The SMILES string of the molecule is Cc1cc(F)cc(-c2nc(CNC(C)C)cs2)c1. The summed E-state index contributed by atoms with van der Waals surface area (Å²) in [6.45, 7) is 6.84. The second-order valence-electron chi connectivity index (χ2n) is 4.70. The molecule has 0 aliphatic heterocycles. The van der Waals surface area contributed by atoms with Gasteiger partial charge in [0.05, 0.1) is 5.69 Å². The highest BCUT2D eigenvalue weighted by Crippen LogP contribution is 2.25. The van der Waals surface area contributed by atoms with E-state index in [-0.39, 0.29) is 5.82 Å². The van der Waals surface area contributed by atoms with Gasteiger partial charge in [-0.2, -0.15) is 0 Å². The van der Waals surface area contributed by atoms with Gasteiger partial charge in [0.2, 0.25) is 0 Å². The van der Waals surface area contributed by atoms with Crippen molar-refractivity contribution in [3.05, 3.63) is 40.7 Å². The minimum Gasteiger partial charge on any atom is -0.309 e. The van der Waals surface area contributed by atoms with Gasteiger partial charge >= 0.3 is 0 Å². The predicted molar refractivity (Wildman–Crippen MR) is 74.2 cm³/mol. The maximum absolute atomic E-state index is 13.3. The summed E-state index contributed by atoms with van der Waals surface area (Å²) < 4.78 is 13.3. The first-order valence-electron chi connectivity index (χ1n) is 6.00. The fraction of sp³-hybridized carbons (Fsp3) is 0.357. The Balaban J connectivity index is 2.18. The largest absolute Gasteiger partial charge is 0.309 e. The summed E-state index contributed by atoms with van der Waals surface area (Å²) >= 11 is 1.55. The van der Waals surface area contributed by atoms with Crippen LogP contribution in [-0.2, 0) is 6.54 Å². The van der Waals surface area contributed by atoms with E-state index in [1.807, 2.05) is 18.4 Å². The van der Waals surface area contributed by atoms with Gasteiger partial charge in [-0.05, 0) is 30.7 Å². The molecule has 0 bridgehead atoms. The lowest BCUT2D eigenvalue weighted by Crippen LogP contribution is -2.21. The highest BCUT2D eigenvalue weighted by atomic mass is 32.1. The molecule has 1 aromatic heterocycles. The molecule has 2 aromatic rings. The molecule has 0 fully saturated rings. The average molecular weight is 264 g/mol. The molecule has 4 heteroatoms. The lowest BCUT2D eigenvalue weighted by atomic mass is 10.1. The van der Waals surface area contributed by atoms with Crippen LogP contribution in [0.15, 0.2) is 23.6 Å². The van der Waals surface area contributed by atoms with Crippen molar-refractivity contribution in [2.24, 2.45) is 0 Å². The number of benzene rings is 1. The fourth-order valence-corrected chi connectivity index (χ4v) is 2.50. The van der Waals surface area contributed by atoms with Gasteiger partial charge in [0.1, 0.15) is 10.8 Å². The van der Waals surface area contributed by atoms with Crippen molar-refractivity contribution < 1.29 is 4.39 Å². The van der Waals surface area contributed by atoms with Crippen LogP contribution in [0.25, 0.3) is 10.6 Å². The Kier molecular flexibility index (Phi) is 4.09. The molecule has 0 saturated heterocycles. The molecule has 96 valence electrons. The third-order valence-corrected chi connectivity index (χ3v) is 3.47. The van der Waals surface area contributed by atoms with Crippen molar-refractivity contribution in [3.8, 4) is 10.6 Å². The summed E-state index contributed by atoms with van der Waals surface area (Å²) in [6.07, 6.45) is 0. The molecule has 0 amide bonds. The zero-order valence-electron chi connectivity index (χ0n) is 10.8. The lowest BCUT2D eigenvalue weighted by Gasteiger charge is -2.04. The van der Waals surface area contributed by atoms with E-state index in [2.05, 4.69) is 24.1 Å². The summed E-state index contributed by atoms with van der Waals surface area (Å²) in [7, 11) is 0. The van der Waals surface area contributed by atoms with Crippen LogP contribution in [0.1, 0.15) is 25.1 Å². The molecular formula is C14H17FN2S. The highest BCUT2D eigenvalue weighted by Gasteiger charge is 2.07. The first-order valence-corrected chi connectivity index (χ1v) is 6.88. The van der Waals surface area contributed by atoms with Crippen molar-refractivity contribution in [2.45, 2.75) is 33.4 Å². The number of nitrogens with one attached hydrogen (secondary N) is 1. The van der Waals surface area contributed by atoms with Gasteiger partial charge < -0.3 is 5.32 Å². The number of nitrogens with zero attached hydrogens (tertiary/aromatic N) is 1. The van der Waals surface area contributed by atoms with Crippen LogP contribution in [0.4, 0.5) is 4.39 Å². The molecule has 0 aliphatic rings. The quantitative estimate of drug-likeness (QED) is 0.909. The maximum Gasteiger partial charge on any atom is 0.124 e. The molecule has 18 heavy (non-hydrogen) atoms. The van der Waals surface area contributed by atoms with E-state index in [9.17, 15) is 4.39 Å². The molecule has 0 aliphatic carbocycles. The second kappa shape index (κ2) is 5.59. The molecule has 2 rings (SSSR count). The number of aromatic nitrogens is 1. The van der Waals surface area contributed by atoms with E-state index < -0.39 is 0 Å². The smallest absolute Gasteiger partial charge is 0.124 e. The number of thiazole rings is 1. The van der Waals surface area contributed by atoms with Crippen LogP contribution in [0.5, 0.6) is 0 Å². The lowest BCUT2D eigenvalue weighted by molar-refractivity contribution is 0.583. The number of hydrogen-bond donors (Lipinski definition) is 1. The molecule has 0 atom stereocenters. The van der Waals surface area contributed by atoms with E-state index in [0.717, 1.165) is 28.4 Å². The maximum atomic E-state index is 13.3. The normalized spacial score (nSPS) is 11.2. The molecule has 0 radical (unpaired) electrons. The van der Waals surface area contributed by atoms with Crippen molar-refractivity contribution in [3.63, 3.8) is 0 Å². The van der Waals surface area contributed by atoms with Crippen molar-refractivity contribution in [1.82, 2.24) is 10.3 Å². The van der Waals surface area contributed by atoms with Crippen LogP contribution in [0.3, 0.4) is 0 Å². The highest BCUT2D eigenvalue weighted by molar-refractivity contribution is 7.13. The molecule has 1 N–H and O–H groups in total. The van der Waals surface area contributed by atoms with E-state index in [1.165, 1.54) is 12.1 Å². The molecule has 1 aromatic carbocycles. The van der Waals surface area contributed by atoms with Gasteiger partial charge in [-0.15, -0.1) is 11.3 Å². The number of halogens is 1. The zero-order valence-corrected chi connectivity index (χ0v) is 11.6. The average Bonchev–Trinajstić information content (AvgIpc) is 2.73. The number of aryl methyl sites for hydroxylation is 1. The predicted octanol–water partition coefficient (Wildman–Crippen LogP) is 3.76.